The molecule has 6 nitrogen and oxygen atoms in total. The zero-order chi connectivity index (χ0) is 16.9. The van der Waals surface area contributed by atoms with Gasteiger partial charge in [0.15, 0.2) is 16.6 Å². The van der Waals surface area contributed by atoms with Crippen molar-refractivity contribution in [1.29, 1.82) is 0 Å². The van der Waals surface area contributed by atoms with Crippen LogP contribution in [0.4, 0.5) is 5.82 Å². The van der Waals surface area contributed by atoms with E-state index in [2.05, 4.69) is 21.9 Å². The summed E-state index contributed by atoms with van der Waals surface area (Å²) in [7, 11) is 0. The van der Waals surface area contributed by atoms with Gasteiger partial charge < -0.3 is 10.7 Å². The van der Waals surface area contributed by atoms with E-state index in [1.807, 2.05) is 30.3 Å². The highest BCUT2D eigenvalue weighted by atomic mass is 32.2. The number of aromatic amines is 1. The van der Waals surface area contributed by atoms with Crippen LogP contribution in [0.2, 0.25) is 0 Å². The number of hydrogen-bond acceptors (Lipinski definition) is 5. The van der Waals surface area contributed by atoms with E-state index in [-0.39, 0.29) is 5.69 Å². The maximum absolute atomic E-state index is 12.3. The molecule has 1 aromatic carbocycles. The highest BCUT2D eigenvalue weighted by Crippen LogP contribution is 2.22. The normalized spacial score (nSPS) is 11.2. The van der Waals surface area contributed by atoms with Gasteiger partial charge in [-0.25, -0.2) is 14.8 Å². The fourth-order valence-electron chi connectivity index (χ4n) is 2.52. The third-order valence-corrected chi connectivity index (χ3v) is 4.73. The molecule has 0 unspecified atom stereocenters. The lowest BCUT2D eigenvalue weighted by Gasteiger charge is -2.05. The maximum Gasteiger partial charge on any atom is 0.328 e. The van der Waals surface area contributed by atoms with Gasteiger partial charge in [-0.1, -0.05) is 61.9 Å². The molecule has 0 saturated carbocycles. The number of nitrogens with zero attached hydrogens (tertiary/aromatic N) is 3. The van der Waals surface area contributed by atoms with Gasteiger partial charge in [-0.2, -0.15) is 0 Å². The van der Waals surface area contributed by atoms with Gasteiger partial charge in [0.05, 0.1) is 6.54 Å². The Morgan fingerprint density at radius 3 is 2.75 bits per heavy atom. The summed E-state index contributed by atoms with van der Waals surface area (Å²) in [5.74, 6) is 1.27. The predicted octanol–water partition coefficient (Wildman–Crippen LogP) is 3.03. The molecule has 3 aromatic rings. The quantitative estimate of drug-likeness (QED) is 0.391. The van der Waals surface area contributed by atoms with Crippen LogP contribution in [0.1, 0.15) is 31.7 Å². The van der Waals surface area contributed by atoms with Crippen molar-refractivity contribution in [2.24, 2.45) is 0 Å². The molecule has 0 saturated heterocycles. The molecule has 3 rings (SSSR count). The highest BCUT2D eigenvalue weighted by molar-refractivity contribution is 7.99. The number of aromatic nitrogens is 4. The average Bonchev–Trinajstić information content (AvgIpc) is 2.90. The van der Waals surface area contributed by atoms with Crippen LogP contribution in [-0.4, -0.2) is 25.3 Å². The van der Waals surface area contributed by atoms with E-state index in [0.717, 1.165) is 17.7 Å². The van der Waals surface area contributed by atoms with Crippen molar-refractivity contribution in [1.82, 2.24) is 19.5 Å². The number of nitrogen functional groups attached to an aromatic ring is 1. The van der Waals surface area contributed by atoms with Crippen LogP contribution >= 0.6 is 11.8 Å². The van der Waals surface area contributed by atoms with E-state index >= 15 is 0 Å². The first-order valence-corrected chi connectivity index (χ1v) is 9.10. The van der Waals surface area contributed by atoms with Gasteiger partial charge >= 0.3 is 5.69 Å². The molecular weight excluding hydrogens is 322 g/mol. The standard InChI is InChI=1S/C17H21N5OS/c1-2-3-7-10-24-16-20-14(18)13-15(21-16)22(17(23)19-13)11-12-8-5-4-6-9-12/h4-6,8-9H,2-3,7,10-11H2,1H3,(H,19,23)(H2,18,20,21). The van der Waals surface area contributed by atoms with Gasteiger partial charge in [0.1, 0.15) is 5.52 Å². The molecule has 0 aliphatic heterocycles. The Morgan fingerprint density at radius 2 is 2.00 bits per heavy atom. The lowest BCUT2D eigenvalue weighted by atomic mass is 10.2. The van der Waals surface area contributed by atoms with Gasteiger partial charge in [0.2, 0.25) is 0 Å². The van der Waals surface area contributed by atoms with Crippen molar-refractivity contribution in [2.45, 2.75) is 37.9 Å². The molecule has 3 N–H and O–H groups in total. The number of thioether (sulfide) groups is 1. The van der Waals surface area contributed by atoms with Crippen LogP contribution < -0.4 is 11.4 Å². The number of imidazole rings is 1. The van der Waals surface area contributed by atoms with Gasteiger partial charge in [0, 0.05) is 5.75 Å². The Bertz CT molecular complexity index is 872. The summed E-state index contributed by atoms with van der Waals surface area (Å²) < 4.78 is 1.61. The first kappa shape index (κ1) is 16.6. The molecule has 0 fully saturated rings. The molecule has 0 aliphatic carbocycles. The topological polar surface area (TPSA) is 89.6 Å². The van der Waals surface area contributed by atoms with E-state index < -0.39 is 0 Å². The van der Waals surface area contributed by atoms with Crippen LogP contribution in [0.5, 0.6) is 0 Å². The molecule has 126 valence electrons. The minimum absolute atomic E-state index is 0.219. The van der Waals surface area contributed by atoms with E-state index in [1.54, 1.807) is 16.3 Å². The van der Waals surface area contributed by atoms with Gasteiger partial charge in [-0.3, -0.25) is 4.57 Å². The number of hydrogen-bond donors (Lipinski definition) is 2. The molecular formula is C17H21N5OS. The van der Waals surface area contributed by atoms with Crippen LogP contribution in [0, 0.1) is 0 Å². The molecule has 0 radical (unpaired) electrons. The summed E-state index contributed by atoms with van der Waals surface area (Å²) in [5.41, 5.74) is 7.90. The van der Waals surface area contributed by atoms with Crippen molar-refractivity contribution >= 4 is 28.7 Å². The Balaban J connectivity index is 1.92. The summed E-state index contributed by atoms with van der Waals surface area (Å²) in [6, 6.07) is 9.82. The van der Waals surface area contributed by atoms with Gasteiger partial charge in [-0.15, -0.1) is 0 Å². The Labute approximate surface area is 144 Å². The Hall–Kier alpha value is -2.28. The number of H-pyrrole nitrogens is 1. The summed E-state index contributed by atoms with van der Waals surface area (Å²) in [4.78, 5) is 23.9. The van der Waals surface area contributed by atoms with Crippen LogP contribution in [0.15, 0.2) is 40.3 Å². The Morgan fingerprint density at radius 1 is 1.21 bits per heavy atom. The number of nitrogens with one attached hydrogen (secondary N) is 1. The lowest BCUT2D eigenvalue weighted by molar-refractivity contribution is 0.768. The fourth-order valence-corrected chi connectivity index (χ4v) is 3.37. The number of fused-ring (bicyclic) bond motifs is 1. The minimum atomic E-state index is -0.219. The van der Waals surface area contributed by atoms with Crippen molar-refractivity contribution in [3.63, 3.8) is 0 Å². The van der Waals surface area contributed by atoms with Crippen molar-refractivity contribution in [3.8, 4) is 0 Å². The van der Waals surface area contributed by atoms with E-state index in [9.17, 15) is 4.79 Å². The molecule has 0 aliphatic rings. The van der Waals surface area contributed by atoms with Crippen molar-refractivity contribution in [2.75, 3.05) is 11.5 Å². The second-order valence-corrected chi connectivity index (χ2v) is 6.71. The third kappa shape index (κ3) is 3.62. The van der Waals surface area contributed by atoms with E-state index in [0.29, 0.717) is 28.7 Å². The highest BCUT2D eigenvalue weighted by Gasteiger charge is 2.14. The average molecular weight is 343 g/mol. The first-order chi connectivity index (χ1) is 11.7. The number of benzene rings is 1. The number of rotatable bonds is 7. The summed E-state index contributed by atoms with van der Waals surface area (Å²) in [6.45, 7) is 2.63. The van der Waals surface area contributed by atoms with Crippen molar-refractivity contribution < 1.29 is 0 Å². The summed E-state index contributed by atoms with van der Waals surface area (Å²) >= 11 is 1.58. The molecule has 0 amide bonds. The number of nitrogens with two attached hydrogens (primary N) is 1. The largest absolute Gasteiger partial charge is 0.382 e. The lowest BCUT2D eigenvalue weighted by Crippen LogP contribution is -2.17. The monoisotopic (exact) mass is 343 g/mol. The summed E-state index contributed by atoms with van der Waals surface area (Å²) in [6.07, 6.45) is 3.48. The fraction of sp³-hybridized carbons (Fsp3) is 0.353. The SMILES string of the molecule is CCCCCSc1nc(N)c2[nH]c(=O)n(Cc3ccccc3)c2n1. The van der Waals surface area contributed by atoms with Crippen LogP contribution in [0.3, 0.4) is 0 Å². The van der Waals surface area contributed by atoms with Crippen LogP contribution in [-0.2, 0) is 6.54 Å². The van der Waals surface area contributed by atoms with Gasteiger partial charge in [0.25, 0.3) is 0 Å². The molecule has 0 atom stereocenters. The number of unbranched alkanes of at least 4 members (excludes halogenated alkanes) is 2. The zero-order valence-corrected chi connectivity index (χ0v) is 14.5. The molecule has 2 heterocycles. The van der Waals surface area contributed by atoms with Crippen molar-refractivity contribution in [3.05, 3.63) is 46.4 Å². The molecule has 0 bridgehead atoms. The first-order valence-electron chi connectivity index (χ1n) is 8.11. The molecule has 2 aromatic heterocycles. The predicted molar refractivity (Wildman–Crippen MR) is 98.4 cm³/mol. The molecule has 7 heteroatoms. The maximum atomic E-state index is 12.3. The zero-order valence-electron chi connectivity index (χ0n) is 13.7. The minimum Gasteiger partial charge on any atom is -0.382 e. The Kier molecular flexibility index (Phi) is 5.20. The number of anilines is 1. The second kappa shape index (κ2) is 7.53. The third-order valence-electron chi connectivity index (χ3n) is 3.79. The van der Waals surface area contributed by atoms with Crippen LogP contribution in [0.25, 0.3) is 11.2 Å². The van der Waals surface area contributed by atoms with E-state index in [4.69, 9.17) is 5.73 Å². The van der Waals surface area contributed by atoms with E-state index in [1.165, 1.54) is 12.8 Å². The summed E-state index contributed by atoms with van der Waals surface area (Å²) in [5, 5.41) is 0.622. The van der Waals surface area contributed by atoms with Gasteiger partial charge in [-0.05, 0) is 12.0 Å². The smallest absolute Gasteiger partial charge is 0.328 e. The second-order valence-electron chi connectivity index (χ2n) is 5.65. The molecule has 24 heavy (non-hydrogen) atoms. The molecule has 0 spiro atoms.